The summed E-state index contributed by atoms with van der Waals surface area (Å²) in [6.07, 6.45) is 4.12. The van der Waals surface area contributed by atoms with E-state index in [0.717, 1.165) is 28.9 Å². The van der Waals surface area contributed by atoms with E-state index < -0.39 is 24.4 Å². The molecule has 1 aliphatic rings. The quantitative estimate of drug-likeness (QED) is 0.186. The van der Waals surface area contributed by atoms with Gasteiger partial charge in [0.05, 0.1) is 28.1 Å². The molecule has 3 heterocycles. The van der Waals surface area contributed by atoms with E-state index in [1.807, 2.05) is 30.5 Å². The fraction of sp³-hybridized carbons (Fsp3) is 0.321. The van der Waals surface area contributed by atoms with Gasteiger partial charge in [0, 0.05) is 11.8 Å². The van der Waals surface area contributed by atoms with E-state index >= 15 is 0 Å². The first-order chi connectivity index (χ1) is 19.1. The summed E-state index contributed by atoms with van der Waals surface area (Å²) in [5.74, 6) is -3.96. The van der Waals surface area contributed by atoms with Gasteiger partial charge in [-0.3, -0.25) is 19.2 Å². The zero-order valence-corrected chi connectivity index (χ0v) is 23.1. The SMILES string of the molecule is [B]C(O)(O)N1C(=O)c2cccc(OC(F)F)c2-n2c(nc3ccc(-c4ccc(P(CC)CC)nc4)cc32)C1CC. The van der Waals surface area contributed by atoms with Crippen LogP contribution in [-0.4, -0.2) is 68.1 Å². The molecule has 1 aliphatic heterocycles. The number of fused-ring (bicyclic) bond motifs is 5. The fourth-order valence-corrected chi connectivity index (χ4v) is 6.87. The molecule has 2 N–H and O–H groups in total. The number of carbonyl (C=O) groups is 1. The van der Waals surface area contributed by atoms with E-state index in [1.54, 1.807) is 17.6 Å². The first-order valence-electron chi connectivity index (χ1n) is 13.0. The molecule has 1 atom stereocenters. The van der Waals surface area contributed by atoms with Gasteiger partial charge in [-0.2, -0.15) is 8.78 Å². The molecule has 2 radical (unpaired) electrons. The van der Waals surface area contributed by atoms with Gasteiger partial charge >= 0.3 is 6.61 Å². The number of pyridine rings is 1. The third kappa shape index (κ3) is 4.87. The van der Waals surface area contributed by atoms with Crippen molar-refractivity contribution in [1.82, 2.24) is 19.4 Å². The second-order valence-corrected chi connectivity index (χ2v) is 12.2. The summed E-state index contributed by atoms with van der Waals surface area (Å²) in [7, 11) is 5.32. The number of imidazole rings is 1. The zero-order valence-electron chi connectivity index (χ0n) is 22.3. The molecule has 0 spiro atoms. The van der Waals surface area contributed by atoms with Gasteiger partial charge in [0.1, 0.15) is 11.5 Å². The molecule has 0 aliphatic carbocycles. The Bertz CT molecular complexity index is 1550. The van der Waals surface area contributed by atoms with E-state index in [4.69, 9.17) is 22.6 Å². The monoisotopic (exact) mass is 564 g/mol. The molecule has 5 rings (SSSR count). The van der Waals surface area contributed by atoms with Crippen LogP contribution in [0.1, 0.15) is 49.4 Å². The summed E-state index contributed by atoms with van der Waals surface area (Å²) in [6.45, 7) is 2.88. The van der Waals surface area contributed by atoms with E-state index in [2.05, 4.69) is 13.8 Å². The number of alkyl halides is 2. The number of amides is 1. The van der Waals surface area contributed by atoms with Gasteiger partial charge < -0.3 is 14.9 Å². The predicted molar refractivity (Wildman–Crippen MR) is 151 cm³/mol. The maximum Gasteiger partial charge on any atom is 0.387 e. The van der Waals surface area contributed by atoms with Crippen molar-refractivity contribution in [2.24, 2.45) is 0 Å². The van der Waals surface area contributed by atoms with Crippen molar-refractivity contribution in [3.8, 4) is 22.6 Å². The standard InChI is InChI=1S/C28H28BF2N4O4P/c1-4-20-25-33-19-12-10-16(17-11-13-23(32-15-17)40(5-2)6-3)14-21(19)34(25)24-18(26(36)35(20)28(29,37)38)8-7-9-22(24)39-27(30)31/h7-15,20,27,37-38H,4-6H2,1-3H3. The molecule has 0 saturated carbocycles. The largest absolute Gasteiger partial charge is 0.433 e. The highest BCUT2D eigenvalue weighted by Crippen LogP contribution is 2.42. The summed E-state index contributed by atoms with van der Waals surface area (Å²) in [5.41, 5.74) is 3.67. The second kappa shape index (κ2) is 10.9. The van der Waals surface area contributed by atoms with Crippen LogP contribution >= 0.6 is 7.92 Å². The maximum atomic E-state index is 13.7. The normalized spacial score (nSPS) is 15.5. The van der Waals surface area contributed by atoms with Crippen LogP contribution in [0.2, 0.25) is 0 Å². The Balaban J connectivity index is 1.77. The lowest BCUT2D eigenvalue weighted by atomic mass is 9.97. The summed E-state index contributed by atoms with van der Waals surface area (Å²) >= 11 is 0. The Morgan fingerprint density at radius 2 is 1.82 bits per heavy atom. The van der Waals surface area contributed by atoms with Crippen LogP contribution in [0.25, 0.3) is 27.8 Å². The first kappa shape index (κ1) is 28.1. The van der Waals surface area contributed by atoms with Crippen LogP contribution in [0.3, 0.4) is 0 Å². The number of aromatic nitrogens is 3. The van der Waals surface area contributed by atoms with Crippen LogP contribution in [0.5, 0.6) is 5.75 Å². The molecule has 1 amide bonds. The molecule has 2 aromatic carbocycles. The lowest BCUT2D eigenvalue weighted by molar-refractivity contribution is -0.191. The molecule has 1 unspecified atom stereocenters. The number of halogens is 2. The summed E-state index contributed by atoms with van der Waals surface area (Å²) in [4.78, 5) is 23.8. The highest BCUT2D eigenvalue weighted by Gasteiger charge is 2.43. The third-order valence-corrected chi connectivity index (χ3v) is 9.53. The van der Waals surface area contributed by atoms with Crippen molar-refractivity contribution in [1.29, 1.82) is 0 Å². The van der Waals surface area contributed by atoms with Crippen molar-refractivity contribution in [2.45, 2.75) is 45.7 Å². The average molecular weight is 564 g/mol. The molecule has 0 saturated heterocycles. The molecule has 0 bridgehead atoms. The molecule has 2 aromatic heterocycles. The van der Waals surface area contributed by atoms with Gasteiger partial charge in [0.2, 0.25) is 0 Å². The molecule has 4 aromatic rings. The van der Waals surface area contributed by atoms with Crippen molar-refractivity contribution >= 4 is 38.1 Å². The molecule has 40 heavy (non-hydrogen) atoms. The molecule has 0 fully saturated rings. The molecule has 8 nitrogen and oxygen atoms in total. The number of rotatable bonds is 8. The van der Waals surface area contributed by atoms with E-state index in [0.29, 0.717) is 15.9 Å². The number of benzene rings is 2. The van der Waals surface area contributed by atoms with Crippen molar-refractivity contribution < 1.29 is 28.5 Å². The lowest BCUT2D eigenvalue weighted by Gasteiger charge is -2.37. The highest BCUT2D eigenvalue weighted by atomic mass is 31.1. The summed E-state index contributed by atoms with van der Waals surface area (Å²) in [5, 5.41) is 20.8. The number of hydrogen-bond acceptors (Lipinski definition) is 6. The van der Waals surface area contributed by atoms with Gasteiger partial charge in [-0.05, 0) is 54.6 Å². The molecular weight excluding hydrogens is 536 g/mol. The van der Waals surface area contributed by atoms with Crippen LogP contribution in [0, 0.1) is 0 Å². The smallest absolute Gasteiger partial charge is 0.387 e. The summed E-state index contributed by atoms with van der Waals surface area (Å²) < 4.78 is 33.4. The minimum atomic E-state index is -3.16. The molecule has 12 heteroatoms. The number of carbonyl (C=O) groups excluding carboxylic acids is 1. The van der Waals surface area contributed by atoms with Gasteiger partial charge in [0.25, 0.3) is 5.91 Å². The minimum absolute atomic E-state index is 0.0117. The number of aliphatic hydroxyl groups is 2. The summed E-state index contributed by atoms with van der Waals surface area (Å²) in [6, 6.07) is 12.6. The second-order valence-electron chi connectivity index (χ2n) is 9.40. The Morgan fingerprint density at radius 1 is 1.10 bits per heavy atom. The van der Waals surface area contributed by atoms with Crippen molar-refractivity contribution in [2.75, 3.05) is 12.3 Å². The molecular formula is C28H28BF2N4O4P. The average Bonchev–Trinajstić information content (AvgIpc) is 3.24. The lowest BCUT2D eigenvalue weighted by Crippen LogP contribution is -2.53. The van der Waals surface area contributed by atoms with E-state index in [9.17, 15) is 23.8 Å². The van der Waals surface area contributed by atoms with Gasteiger partial charge in [-0.1, -0.05) is 46.9 Å². The van der Waals surface area contributed by atoms with Crippen LogP contribution in [0.15, 0.2) is 54.7 Å². The number of ether oxygens (including phenoxy) is 1. The molecule has 206 valence electrons. The van der Waals surface area contributed by atoms with Crippen molar-refractivity contribution in [3.63, 3.8) is 0 Å². The minimum Gasteiger partial charge on any atom is -0.433 e. The van der Waals surface area contributed by atoms with Crippen LogP contribution < -0.4 is 10.2 Å². The Labute approximate surface area is 232 Å². The fourth-order valence-electron chi connectivity index (χ4n) is 5.27. The maximum absolute atomic E-state index is 13.7. The van der Waals surface area contributed by atoms with E-state index in [1.165, 1.54) is 18.2 Å². The highest BCUT2D eigenvalue weighted by molar-refractivity contribution is 7.65. The van der Waals surface area contributed by atoms with Gasteiger partial charge in [-0.25, -0.2) is 4.98 Å². The number of nitrogens with zero attached hydrogens (tertiary/aromatic N) is 4. The Hall–Kier alpha value is -3.40. The van der Waals surface area contributed by atoms with Gasteiger partial charge in [0.15, 0.2) is 19.4 Å². The number of hydrogen-bond donors (Lipinski definition) is 2. The predicted octanol–water partition coefficient (Wildman–Crippen LogP) is 4.51. The van der Waals surface area contributed by atoms with Crippen LogP contribution in [-0.2, 0) is 0 Å². The van der Waals surface area contributed by atoms with E-state index in [-0.39, 0.29) is 37.2 Å². The topological polar surface area (TPSA) is 101 Å². The Morgan fingerprint density at radius 3 is 2.42 bits per heavy atom. The van der Waals surface area contributed by atoms with Gasteiger partial charge in [-0.15, -0.1) is 0 Å². The first-order valence-corrected chi connectivity index (χ1v) is 14.7. The third-order valence-electron chi connectivity index (χ3n) is 7.09. The Kier molecular flexibility index (Phi) is 7.65. The van der Waals surface area contributed by atoms with Crippen molar-refractivity contribution in [3.05, 3.63) is 66.1 Å². The zero-order chi connectivity index (χ0) is 28.8. The van der Waals surface area contributed by atoms with Crippen LogP contribution in [0.4, 0.5) is 8.78 Å². The number of para-hydroxylation sites is 1.